The highest BCUT2D eigenvalue weighted by atomic mass is 32.1. The van der Waals surface area contributed by atoms with Crippen LogP contribution >= 0.6 is 11.3 Å². The van der Waals surface area contributed by atoms with Gasteiger partial charge in [-0.15, -0.1) is 0 Å². The molecule has 0 spiro atoms. The third-order valence-corrected chi connectivity index (χ3v) is 4.51. The number of carbonyl (C=O) groups is 2. The maximum Gasteiger partial charge on any atom is 0.306 e. The fourth-order valence-corrected chi connectivity index (χ4v) is 3.02. The first-order valence-electron chi connectivity index (χ1n) is 8.55. The highest BCUT2D eigenvalue weighted by molar-refractivity contribution is 7.08. The predicted molar refractivity (Wildman–Crippen MR) is 102 cm³/mol. The molecule has 9 heteroatoms. The number of carbonyl (C=O) groups excluding carboxylic acids is 2. The van der Waals surface area contributed by atoms with Crippen LogP contribution < -0.4 is 10.1 Å². The van der Waals surface area contributed by atoms with Gasteiger partial charge >= 0.3 is 5.97 Å². The first kappa shape index (κ1) is 19.6. The zero-order chi connectivity index (χ0) is 19.8. The van der Waals surface area contributed by atoms with Crippen molar-refractivity contribution in [2.45, 2.75) is 19.4 Å². The smallest absolute Gasteiger partial charge is 0.306 e. The van der Waals surface area contributed by atoms with Gasteiger partial charge in [-0.2, -0.15) is 16.3 Å². The molecule has 0 saturated carbocycles. The van der Waals surface area contributed by atoms with E-state index < -0.39 is 11.9 Å². The summed E-state index contributed by atoms with van der Waals surface area (Å²) in [7, 11) is 1.56. The van der Waals surface area contributed by atoms with Gasteiger partial charge in [0.25, 0.3) is 5.91 Å². The zero-order valence-corrected chi connectivity index (χ0v) is 16.0. The van der Waals surface area contributed by atoms with Crippen molar-refractivity contribution in [2.24, 2.45) is 0 Å². The largest absolute Gasteiger partial charge is 0.496 e. The number of nitrogens with one attached hydrogen (secondary N) is 1. The summed E-state index contributed by atoms with van der Waals surface area (Å²) in [5.41, 5.74) is 1.71. The summed E-state index contributed by atoms with van der Waals surface area (Å²) in [6, 6.07) is 9.24. The molecule has 0 unspecified atom stereocenters. The van der Waals surface area contributed by atoms with Gasteiger partial charge in [0, 0.05) is 29.5 Å². The summed E-state index contributed by atoms with van der Waals surface area (Å²) in [6.45, 7) is -0.0638. The van der Waals surface area contributed by atoms with Crippen molar-refractivity contribution >= 4 is 23.2 Å². The number of nitrogens with zero attached hydrogens (tertiary/aromatic N) is 2. The monoisotopic (exact) mass is 401 g/mol. The molecular weight excluding hydrogens is 382 g/mol. The van der Waals surface area contributed by atoms with E-state index in [-0.39, 0.29) is 26.0 Å². The van der Waals surface area contributed by atoms with Gasteiger partial charge in [0.1, 0.15) is 5.75 Å². The Kier molecular flexibility index (Phi) is 6.74. The molecule has 0 aliphatic carbocycles. The number of ether oxygens (including phenoxy) is 2. The number of benzene rings is 1. The Morgan fingerprint density at radius 1 is 1.25 bits per heavy atom. The van der Waals surface area contributed by atoms with E-state index in [1.807, 2.05) is 41.1 Å². The second kappa shape index (κ2) is 9.65. The van der Waals surface area contributed by atoms with E-state index in [0.717, 1.165) is 11.1 Å². The molecular formula is C19H19N3O5S. The predicted octanol–water partition coefficient (Wildman–Crippen LogP) is 2.60. The topological polar surface area (TPSA) is 104 Å². The van der Waals surface area contributed by atoms with Crippen LogP contribution in [0, 0.1) is 0 Å². The van der Waals surface area contributed by atoms with Crippen molar-refractivity contribution < 1.29 is 23.6 Å². The normalized spacial score (nSPS) is 10.5. The maximum atomic E-state index is 11.9. The summed E-state index contributed by atoms with van der Waals surface area (Å²) >= 11 is 1.54. The fraction of sp³-hybridized carbons (Fsp3) is 0.263. The second-order valence-corrected chi connectivity index (χ2v) is 6.55. The van der Waals surface area contributed by atoms with E-state index in [1.54, 1.807) is 7.11 Å². The lowest BCUT2D eigenvalue weighted by atomic mass is 10.2. The lowest BCUT2D eigenvalue weighted by Crippen LogP contribution is -2.28. The minimum atomic E-state index is -0.511. The number of hydrogen-bond acceptors (Lipinski definition) is 8. The number of hydrogen-bond donors (Lipinski definition) is 1. The van der Waals surface area contributed by atoms with Crippen molar-refractivity contribution in [1.82, 2.24) is 15.5 Å². The molecule has 1 N–H and O–H groups in total. The highest BCUT2D eigenvalue weighted by Crippen LogP contribution is 2.19. The third kappa shape index (κ3) is 5.40. The average Bonchev–Trinajstić information content (AvgIpc) is 3.41. The van der Waals surface area contributed by atoms with E-state index in [4.69, 9.17) is 14.0 Å². The van der Waals surface area contributed by atoms with Crippen LogP contribution in [-0.2, 0) is 27.3 Å². The van der Waals surface area contributed by atoms with E-state index in [9.17, 15) is 9.59 Å². The molecule has 1 amide bonds. The quantitative estimate of drug-likeness (QED) is 0.550. The lowest BCUT2D eigenvalue weighted by molar-refractivity contribution is -0.148. The van der Waals surface area contributed by atoms with Gasteiger partial charge in [-0.1, -0.05) is 23.4 Å². The van der Waals surface area contributed by atoms with E-state index in [1.165, 1.54) is 11.3 Å². The Morgan fingerprint density at radius 3 is 2.89 bits per heavy atom. The van der Waals surface area contributed by atoms with Crippen molar-refractivity contribution in [3.8, 4) is 17.1 Å². The lowest BCUT2D eigenvalue weighted by Gasteiger charge is -2.09. The molecule has 2 heterocycles. The average molecular weight is 401 g/mol. The Morgan fingerprint density at radius 2 is 2.11 bits per heavy atom. The van der Waals surface area contributed by atoms with E-state index in [2.05, 4.69) is 15.5 Å². The zero-order valence-electron chi connectivity index (χ0n) is 15.2. The van der Waals surface area contributed by atoms with E-state index >= 15 is 0 Å². The van der Waals surface area contributed by atoms with E-state index in [0.29, 0.717) is 17.5 Å². The Labute approximate surface area is 165 Å². The number of aromatic nitrogens is 2. The summed E-state index contributed by atoms with van der Waals surface area (Å²) in [5, 5.41) is 10.4. The molecule has 0 radical (unpaired) electrons. The van der Waals surface area contributed by atoms with Gasteiger partial charge in [0.05, 0.1) is 13.5 Å². The molecule has 146 valence electrons. The summed E-state index contributed by atoms with van der Waals surface area (Å²) in [6.07, 6.45) is 0.295. The summed E-state index contributed by atoms with van der Waals surface area (Å²) in [4.78, 5) is 27.9. The van der Waals surface area contributed by atoms with Gasteiger partial charge < -0.3 is 19.3 Å². The summed E-state index contributed by atoms with van der Waals surface area (Å²) in [5.74, 6) is 0.611. The first-order valence-corrected chi connectivity index (χ1v) is 9.49. The number of para-hydroxylation sites is 1. The molecule has 3 aromatic rings. The molecule has 2 aromatic heterocycles. The van der Waals surface area contributed by atoms with Crippen LogP contribution in [0.2, 0.25) is 0 Å². The standard InChI is InChI=1S/C19H19N3O5S/c1-25-15-5-3-2-4-13(15)10-20-16(23)11-26-18(24)7-6-17-21-19(22-27-17)14-8-9-28-12-14/h2-5,8-9,12H,6-7,10-11H2,1H3,(H,20,23). The van der Waals surface area contributed by atoms with Gasteiger partial charge in [0.2, 0.25) is 11.7 Å². The molecule has 0 aliphatic rings. The molecule has 28 heavy (non-hydrogen) atoms. The maximum absolute atomic E-state index is 11.9. The van der Waals surface area contributed by atoms with Crippen LogP contribution in [0.5, 0.6) is 5.75 Å². The highest BCUT2D eigenvalue weighted by Gasteiger charge is 2.13. The minimum Gasteiger partial charge on any atom is -0.496 e. The molecule has 1 aromatic carbocycles. The molecule has 3 rings (SSSR count). The Bertz CT molecular complexity index is 923. The van der Waals surface area contributed by atoms with Crippen molar-refractivity contribution in [3.05, 3.63) is 52.5 Å². The number of aryl methyl sites for hydroxylation is 1. The fourth-order valence-electron chi connectivity index (χ4n) is 2.39. The molecule has 0 bridgehead atoms. The summed E-state index contributed by atoms with van der Waals surface area (Å²) < 4.78 is 15.3. The number of methoxy groups -OCH3 is 1. The van der Waals surface area contributed by atoms with Gasteiger partial charge in [-0.05, 0) is 17.5 Å². The van der Waals surface area contributed by atoms with Crippen molar-refractivity contribution in [2.75, 3.05) is 13.7 Å². The third-order valence-electron chi connectivity index (χ3n) is 3.82. The minimum absolute atomic E-state index is 0.0467. The van der Waals surface area contributed by atoms with Crippen LogP contribution in [0.15, 0.2) is 45.6 Å². The van der Waals surface area contributed by atoms with Crippen LogP contribution in [-0.4, -0.2) is 35.7 Å². The number of rotatable bonds is 9. The van der Waals surface area contributed by atoms with Gasteiger partial charge in [0.15, 0.2) is 6.61 Å². The second-order valence-electron chi connectivity index (χ2n) is 5.77. The number of thiophene rings is 1. The van der Waals surface area contributed by atoms with Gasteiger partial charge in [-0.25, -0.2) is 0 Å². The SMILES string of the molecule is COc1ccccc1CNC(=O)COC(=O)CCc1nc(-c2ccsc2)no1. The first-order chi connectivity index (χ1) is 13.7. The van der Waals surface area contributed by atoms with Crippen molar-refractivity contribution in [3.63, 3.8) is 0 Å². The number of amides is 1. The molecule has 0 aliphatic heterocycles. The van der Waals surface area contributed by atoms with Crippen LogP contribution in [0.4, 0.5) is 0 Å². The molecule has 0 fully saturated rings. The molecule has 0 atom stereocenters. The Hall–Kier alpha value is -3.20. The molecule has 0 saturated heterocycles. The van der Waals surface area contributed by atoms with Crippen LogP contribution in [0.3, 0.4) is 0 Å². The Balaban J connectivity index is 1.37. The van der Waals surface area contributed by atoms with Crippen LogP contribution in [0.1, 0.15) is 17.9 Å². The van der Waals surface area contributed by atoms with Gasteiger partial charge in [-0.3, -0.25) is 9.59 Å². The number of esters is 1. The molecule has 8 nitrogen and oxygen atoms in total. The van der Waals surface area contributed by atoms with Crippen LogP contribution in [0.25, 0.3) is 11.4 Å². The van der Waals surface area contributed by atoms with Crippen molar-refractivity contribution in [1.29, 1.82) is 0 Å².